The van der Waals surface area contributed by atoms with Crippen molar-refractivity contribution in [3.05, 3.63) is 12.1 Å². The molecule has 2 rings (SSSR count). The average Bonchev–Trinajstić information content (AvgIpc) is 2.64. The molecule has 0 radical (unpaired) electrons. The van der Waals surface area contributed by atoms with Crippen molar-refractivity contribution in [3.63, 3.8) is 0 Å². The maximum absolute atomic E-state index is 12.7. The molecule has 0 N–H and O–H groups in total. The van der Waals surface area contributed by atoms with Crippen LogP contribution in [0.25, 0.3) is 0 Å². The summed E-state index contributed by atoms with van der Waals surface area (Å²) in [7, 11) is 6.56. The Morgan fingerprint density at radius 2 is 1.54 bits per heavy atom. The maximum Gasteiger partial charge on any atom is 0.242 e. The van der Waals surface area contributed by atoms with Crippen LogP contribution in [0.1, 0.15) is 6.92 Å². The fraction of sp³-hybridized carbons (Fsp3) is 0.556. The lowest BCUT2D eigenvalue weighted by molar-refractivity contribution is -0.132. The van der Waals surface area contributed by atoms with Crippen LogP contribution in [0.15, 0.2) is 12.1 Å². The van der Waals surface area contributed by atoms with Gasteiger partial charge in [0.05, 0.1) is 27.0 Å². The predicted molar refractivity (Wildman–Crippen MR) is 98.2 cm³/mol. The van der Waals surface area contributed by atoms with Gasteiger partial charge in [-0.2, -0.15) is 0 Å². The summed E-state index contributed by atoms with van der Waals surface area (Å²) in [6.45, 7) is 4.39. The minimum atomic E-state index is -0.234. The zero-order valence-corrected chi connectivity index (χ0v) is 16.1. The third kappa shape index (κ3) is 4.37. The standard InChI is InChI=1S/C18H27N3O5/c1-13(22)21(12-17(23)20-8-6-19(2)7-9-20)14-10-15(24-3)18(26-5)16(11-14)25-4/h10-11H,6-9,12H2,1-5H3. The van der Waals surface area contributed by atoms with Crippen molar-refractivity contribution in [2.75, 3.05) is 66.0 Å². The maximum atomic E-state index is 12.7. The number of rotatable bonds is 6. The van der Waals surface area contributed by atoms with Crippen LogP contribution >= 0.6 is 0 Å². The molecule has 1 aliphatic heterocycles. The molecule has 8 nitrogen and oxygen atoms in total. The number of carbonyl (C=O) groups excluding carboxylic acids is 2. The Bertz CT molecular complexity index is 631. The molecule has 1 fully saturated rings. The van der Waals surface area contributed by atoms with Gasteiger partial charge in [0.15, 0.2) is 11.5 Å². The first kappa shape index (κ1) is 19.8. The molecule has 0 saturated carbocycles. The van der Waals surface area contributed by atoms with Crippen molar-refractivity contribution in [1.29, 1.82) is 0 Å². The van der Waals surface area contributed by atoms with Gasteiger partial charge in [0.1, 0.15) is 6.54 Å². The van der Waals surface area contributed by atoms with Gasteiger partial charge in [-0.3, -0.25) is 9.59 Å². The summed E-state index contributed by atoms with van der Waals surface area (Å²) in [5.41, 5.74) is 0.523. The number of likely N-dealkylation sites (N-methyl/N-ethyl adjacent to an activating group) is 1. The third-order valence-electron chi connectivity index (χ3n) is 4.49. The van der Waals surface area contributed by atoms with Crippen LogP contribution in [0, 0.1) is 0 Å². The molecule has 26 heavy (non-hydrogen) atoms. The van der Waals surface area contributed by atoms with E-state index in [1.807, 2.05) is 7.05 Å². The minimum Gasteiger partial charge on any atom is -0.493 e. The van der Waals surface area contributed by atoms with E-state index in [4.69, 9.17) is 14.2 Å². The van der Waals surface area contributed by atoms with Crippen LogP contribution in [0.2, 0.25) is 0 Å². The number of carbonyl (C=O) groups is 2. The summed E-state index contributed by atoms with van der Waals surface area (Å²) < 4.78 is 16.0. The first-order chi connectivity index (χ1) is 12.4. The number of hydrogen-bond donors (Lipinski definition) is 0. The zero-order chi connectivity index (χ0) is 19.3. The zero-order valence-electron chi connectivity index (χ0n) is 16.1. The van der Waals surface area contributed by atoms with Gasteiger partial charge in [-0.15, -0.1) is 0 Å². The topological polar surface area (TPSA) is 71.6 Å². The Kier molecular flexibility index (Phi) is 6.68. The summed E-state index contributed by atoms with van der Waals surface area (Å²) in [4.78, 5) is 30.2. The molecule has 144 valence electrons. The van der Waals surface area contributed by atoms with Crippen LogP contribution in [0.3, 0.4) is 0 Å². The van der Waals surface area contributed by atoms with E-state index >= 15 is 0 Å². The highest BCUT2D eigenvalue weighted by atomic mass is 16.5. The summed E-state index contributed by atoms with van der Waals surface area (Å²) in [6, 6.07) is 3.33. The molecule has 1 heterocycles. The van der Waals surface area contributed by atoms with Crippen LogP contribution in [-0.2, 0) is 9.59 Å². The van der Waals surface area contributed by atoms with E-state index in [2.05, 4.69) is 4.90 Å². The van der Waals surface area contributed by atoms with E-state index in [0.717, 1.165) is 13.1 Å². The molecule has 1 aromatic carbocycles. The quantitative estimate of drug-likeness (QED) is 0.744. The number of anilines is 1. The van der Waals surface area contributed by atoms with E-state index in [0.29, 0.717) is 36.0 Å². The van der Waals surface area contributed by atoms with Gasteiger partial charge >= 0.3 is 0 Å². The minimum absolute atomic E-state index is 0.0301. The van der Waals surface area contributed by atoms with Gasteiger partial charge in [0.25, 0.3) is 0 Å². The van der Waals surface area contributed by atoms with Crippen LogP contribution in [0.4, 0.5) is 5.69 Å². The van der Waals surface area contributed by atoms with Crippen molar-refractivity contribution < 1.29 is 23.8 Å². The number of ether oxygens (including phenoxy) is 3. The molecule has 1 aromatic rings. The van der Waals surface area contributed by atoms with Gasteiger partial charge in [-0.1, -0.05) is 0 Å². The van der Waals surface area contributed by atoms with Gasteiger partial charge in [0.2, 0.25) is 17.6 Å². The van der Waals surface area contributed by atoms with E-state index in [1.54, 1.807) is 17.0 Å². The molecule has 0 unspecified atom stereocenters. The van der Waals surface area contributed by atoms with Crippen LogP contribution in [0.5, 0.6) is 17.2 Å². The van der Waals surface area contributed by atoms with Crippen molar-refractivity contribution in [2.24, 2.45) is 0 Å². The molecule has 0 spiro atoms. The Hall–Kier alpha value is -2.48. The number of amides is 2. The predicted octanol–water partition coefficient (Wildman–Crippen LogP) is 0.839. The number of nitrogens with zero attached hydrogens (tertiary/aromatic N) is 3. The lowest BCUT2D eigenvalue weighted by Gasteiger charge is -2.34. The van der Waals surface area contributed by atoms with Gasteiger partial charge < -0.3 is 28.9 Å². The Labute approximate surface area is 154 Å². The van der Waals surface area contributed by atoms with Crippen molar-refractivity contribution in [2.45, 2.75) is 6.92 Å². The fourth-order valence-corrected chi connectivity index (χ4v) is 2.90. The second-order valence-corrected chi connectivity index (χ2v) is 6.17. The molecular weight excluding hydrogens is 338 g/mol. The molecule has 0 aliphatic carbocycles. The van der Waals surface area contributed by atoms with Crippen molar-refractivity contribution in [3.8, 4) is 17.2 Å². The smallest absolute Gasteiger partial charge is 0.242 e. The highest BCUT2D eigenvalue weighted by Crippen LogP contribution is 2.41. The first-order valence-corrected chi connectivity index (χ1v) is 8.45. The molecule has 1 aliphatic rings. The molecule has 0 bridgehead atoms. The molecule has 0 atom stereocenters. The van der Waals surface area contributed by atoms with E-state index in [9.17, 15) is 9.59 Å². The Morgan fingerprint density at radius 3 is 1.96 bits per heavy atom. The first-order valence-electron chi connectivity index (χ1n) is 8.45. The summed E-state index contributed by atoms with van der Waals surface area (Å²) in [5, 5.41) is 0. The normalized spacial score (nSPS) is 14.7. The third-order valence-corrected chi connectivity index (χ3v) is 4.49. The highest BCUT2D eigenvalue weighted by Gasteiger charge is 2.25. The Balaban J connectivity index is 2.26. The van der Waals surface area contributed by atoms with Crippen molar-refractivity contribution >= 4 is 17.5 Å². The summed E-state index contributed by atoms with van der Waals surface area (Å²) in [5.74, 6) is 0.983. The lowest BCUT2D eigenvalue weighted by Crippen LogP contribution is -2.50. The van der Waals surface area contributed by atoms with E-state index in [-0.39, 0.29) is 18.4 Å². The SMILES string of the molecule is COc1cc(N(CC(=O)N2CCN(C)CC2)C(C)=O)cc(OC)c1OC. The van der Waals surface area contributed by atoms with Crippen LogP contribution in [-0.4, -0.2) is 82.7 Å². The fourth-order valence-electron chi connectivity index (χ4n) is 2.90. The Morgan fingerprint density at radius 1 is 1.00 bits per heavy atom. The number of benzene rings is 1. The second-order valence-electron chi connectivity index (χ2n) is 6.17. The highest BCUT2D eigenvalue weighted by molar-refractivity contribution is 5.98. The number of methoxy groups -OCH3 is 3. The van der Waals surface area contributed by atoms with Crippen molar-refractivity contribution in [1.82, 2.24) is 9.80 Å². The van der Waals surface area contributed by atoms with E-state index in [1.165, 1.54) is 33.2 Å². The monoisotopic (exact) mass is 365 g/mol. The number of piperazine rings is 1. The molecule has 0 aromatic heterocycles. The largest absolute Gasteiger partial charge is 0.493 e. The second kappa shape index (κ2) is 8.75. The van der Waals surface area contributed by atoms with Gasteiger partial charge in [0, 0.05) is 45.2 Å². The van der Waals surface area contributed by atoms with Crippen LogP contribution < -0.4 is 19.1 Å². The van der Waals surface area contributed by atoms with Gasteiger partial charge in [-0.05, 0) is 7.05 Å². The molecule has 1 saturated heterocycles. The molecular formula is C18H27N3O5. The molecule has 2 amide bonds. The van der Waals surface area contributed by atoms with E-state index < -0.39 is 0 Å². The van der Waals surface area contributed by atoms with Gasteiger partial charge in [-0.25, -0.2) is 0 Å². The average molecular weight is 365 g/mol. The summed E-state index contributed by atoms with van der Waals surface area (Å²) in [6.07, 6.45) is 0. The lowest BCUT2D eigenvalue weighted by atomic mass is 10.2. The summed E-state index contributed by atoms with van der Waals surface area (Å²) >= 11 is 0. The number of hydrogen-bond acceptors (Lipinski definition) is 6. The molecule has 8 heteroatoms.